The Labute approximate surface area is 180 Å². The lowest BCUT2D eigenvalue weighted by Crippen LogP contribution is -2.49. The van der Waals surface area contributed by atoms with Crippen LogP contribution in [0, 0.1) is 0 Å². The molecule has 7 heteroatoms. The van der Waals surface area contributed by atoms with Crippen LogP contribution in [0.15, 0.2) is 24.3 Å². The molecule has 1 amide bonds. The normalized spacial score (nSPS) is 22.5. The Balaban J connectivity index is 1.44. The van der Waals surface area contributed by atoms with Crippen molar-refractivity contribution in [1.82, 2.24) is 14.7 Å². The number of methoxy groups -OCH3 is 1. The van der Waals surface area contributed by atoms with Crippen molar-refractivity contribution < 1.29 is 19.4 Å². The maximum absolute atomic E-state index is 12.8. The first-order valence-corrected chi connectivity index (χ1v) is 11.2. The Morgan fingerprint density at radius 1 is 1.17 bits per heavy atom. The number of hydrogen-bond donors (Lipinski definition) is 1. The summed E-state index contributed by atoms with van der Waals surface area (Å²) in [4.78, 5) is 19.5. The van der Waals surface area contributed by atoms with Crippen LogP contribution in [0.2, 0.25) is 0 Å². The molecule has 2 fully saturated rings. The molecular weight excluding hydrogens is 382 g/mol. The van der Waals surface area contributed by atoms with E-state index >= 15 is 0 Å². The van der Waals surface area contributed by atoms with E-state index in [0.717, 1.165) is 83.1 Å². The predicted molar refractivity (Wildman–Crippen MR) is 117 cm³/mol. The molecule has 0 bridgehead atoms. The van der Waals surface area contributed by atoms with E-state index < -0.39 is 0 Å². The van der Waals surface area contributed by atoms with Crippen LogP contribution >= 0.6 is 0 Å². The molecule has 168 valence electrons. The standard InChI is InChI=1S/C23H37N3O4/c1-3-20(27)16-25-13-14-30-22(18-25)17-24-9-4-10-26(12-11-24)23(28)15-19-5-7-21(29-2)8-6-19/h5-8,20,22,27H,3-4,9-18H2,1-2H3. The number of carbonyl (C=O) groups is 1. The van der Waals surface area contributed by atoms with E-state index in [2.05, 4.69) is 9.80 Å². The first-order valence-electron chi connectivity index (χ1n) is 11.2. The topological polar surface area (TPSA) is 65.5 Å². The maximum Gasteiger partial charge on any atom is 0.227 e. The van der Waals surface area contributed by atoms with Crippen LogP contribution in [0.25, 0.3) is 0 Å². The van der Waals surface area contributed by atoms with Crippen LogP contribution in [0.1, 0.15) is 25.3 Å². The molecule has 2 saturated heterocycles. The second-order valence-electron chi connectivity index (χ2n) is 8.37. The van der Waals surface area contributed by atoms with E-state index in [9.17, 15) is 9.90 Å². The van der Waals surface area contributed by atoms with Crippen molar-refractivity contribution in [3.8, 4) is 5.75 Å². The number of ether oxygens (including phenoxy) is 2. The maximum atomic E-state index is 12.8. The molecule has 2 aliphatic rings. The third-order valence-corrected chi connectivity index (χ3v) is 6.08. The van der Waals surface area contributed by atoms with Crippen LogP contribution in [0.5, 0.6) is 5.75 Å². The Bertz CT molecular complexity index is 654. The number of rotatable bonds is 8. The van der Waals surface area contributed by atoms with Gasteiger partial charge < -0.3 is 19.5 Å². The lowest BCUT2D eigenvalue weighted by Gasteiger charge is -2.36. The molecule has 0 saturated carbocycles. The summed E-state index contributed by atoms with van der Waals surface area (Å²) < 4.78 is 11.2. The summed E-state index contributed by atoms with van der Waals surface area (Å²) in [5.74, 6) is 1.000. The van der Waals surface area contributed by atoms with E-state index in [1.54, 1.807) is 7.11 Å². The van der Waals surface area contributed by atoms with Crippen molar-refractivity contribution >= 4 is 5.91 Å². The highest BCUT2D eigenvalue weighted by Crippen LogP contribution is 2.14. The van der Waals surface area contributed by atoms with Gasteiger partial charge in [0.05, 0.1) is 32.3 Å². The van der Waals surface area contributed by atoms with Gasteiger partial charge in [-0.05, 0) is 37.1 Å². The van der Waals surface area contributed by atoms with Gasteiger partial charge >= 0.3 is 0 Å². The Morgan fingerprint density at radius 3 is 2.70 bits per heavy atom. The predicted octanol–water partition coefficient (Wildman–Crippen LogP) is 1.24. The fourth-order valence-electron chi connectivity index (χ4n) is 4.20. The summed E-state index contributed by atoms with van der Waals surface area (Å²) in [5.41, 5.74) is 1.02. The van der Waals surface area contributed by atoms with Gasteiger partial charge in [0.2, 0.25) is 5.91 Å². The molecule has 2 unspecified atom stereocenters. The smallest absolute Gasteiger partial charge is 0.227 e. The van der Waals surface area contributed by atoms with E-state index in [1.165, 1.54) is 0 Å². The summed E-state index contributed by atoms with van der Waals surface area (Å²) >= 11 is 0. The molecule has 2 heterocycles. The molecule has 1 aromatic carbocycles. The lowest BCUT2D eigenvalue weighted by atomic mass is 10.1. The van der Waals surface area contributed by atoms with Crippen LogP contribution in [0.4, 0.5) is 0 Å². The number of benzene rings is 1. The largest absolute Gasteiger partial charge is 0.497 e. The summed E-state index contributed by atoms with van der Waals surface area (Å²) in [7, 11) is 1.65. The van der Waals surface area contributed by atoms with Gasteiger partial charge in [0.15, 0.2) is 0 Å². The first-order chi connectivity index (χ1) is 14.6. The number of morpholine rings is 1. The van der Waals surface area contributed by atoms with Crippen molar-refractivity contribution in [2.24, 2.45) is 0 Å². The highest BCUT2D eigenvalue weighted by atomic mass is 16.5. The minimum atomic E-state index is -0.257. The van der Waals surface area contributed by atoms with Crippen LogP contribution < -0.4 is 4.74 Å². The van der Waals surface area contributed by atoms with E-state index in [1.807, 2.05) is 36.1 Å². The van der Waals surface area contributed by atoms with Crippen LogP contribution in [-0.4, -0.2) is 104 Å². The van der Waals surface area contributed by atoms with Gasteiger partial charge in [-0.1, -0.05) is 19.1 Å². The van der Waals surface area contributed by atoms with Crippen molar-refractivity contribution in [1.29, 1.82) is 0 Å². The molecule has 3 rings (SSSR count). The van der Waals surface area contributed by atoms with Gasteiger partial charge in [-0.15, -0.1) is 0 Å². The van der Waals surface area contributed by atoms with Crippen molar-refractivity contribution in [3.63, 3.8) is 0 Å². The second kappa shape index (κ2) is 11.6. The highest BCUT2D eigenvalue weighted by molar-refractivity contribution is 5.78. The van der Waals surface area contributed by atoms with Gasteiger partial charge in [0, 0.05) is 45.8 Å². The summed E-state index contributed by atoms with van der Waals surface area (Å²) in [6.07, 6.45) is 2.12. The molecule has 7 nitrogen and oxygen atoms in total. The molecular formula is C23H37N3O4. The number of carbonyl (C=O) groups excluding carboxylic acids is 1. The molecule has 0 spiro atoms. The second-order valence-corrected chi connectivity index (χ2v) is 8.37. The zero-order valence-electron chi connectivity index (χ0n) is 18.5. The van der Waals surface area contributed by atoms with Crippen LogP contribution in [-0.2, 0) is 16.0 Å². The molecule has 0 radical (unpaired) electrons. The van der Waals surface area contributed by atoms with E-state index in [4.69, 9.17) is 9.47 Å². The van der Waals surface area contributed by atoms with Gasteiger partial charge in [-0.2, -0.15) is 0 Å². The zero-order chi connectivity index (χ0) is 21.3. The minimum absolute atomic E-state index is 0.171. The Hall–Kier alpha value is -1.67. The molecule has 0 aliphatic carbocycles. The number of β-amino-alcohol motifs (C(OH)–C–C–N with tert-alkyl or cyclic N) is 1. The number of aliphatic hydroxyl groups excluding tert-OH is 1. The molecule has 1 N–H and O–H groups in total. The molecule has 30 heavy (non-hydrogen) atoms. The number of amides is 1. The van der Waals surface area contributed by atoms with Gasteiger partial charge in [0.1, 0.15) is 5.75 Å². The molecule has 1 aromatic rings. The van der Waals surface area contributed by atoms with Gasteiger partial charge in [-0.25, -0.2) is 0 Å². The van der Waals surface area contributed by atoms with Gasteiger partial charge in [-0.3, -0.25) is 14.6 Å². The number of nitrogens with zero attached hydrogens (tertiary/aromatic N) is 3. The SMILES string of the molecule is CCC(O)CN1CCOC(CN2CCCN(C(=O)Cc3ccc(OC)cc3)CC2)C1. The molecule has 0 aromatic heterocycles. The summed E-state index contributed by atoms with van der Waals surface area (Å²) in [5, 5.41) is 9.93. The average molecular weight is 420 g/mol. The quantitative estimate of drug-likeness (QED) is 0.684. The fourth-order valence-corrected chi connectivity index (χ4v) is 4.20. The number of aliphatic hydroxyl groups is 1. The molecule has 2 aliphatic heterocycles. The van der Waals surface area contributed by atoms with Crippen LogP contribution in [0.3, 0.4) is 0 Å². The van der Waals surface area contributed by atoms with Crippen molar-refractivity contribution in [2.75, 3.05) is 66.1 Å². The average Bonchev–Trinajstić information content (AvgIpc) is 3.00. The summed E-state index contributed by atoms with van der Waals surface area (Å²) in [6.45, 7) is 9.56. The van der Waals surface area contributed by atoms with E-state index in [0.29, 0.717) is 6.42 Å². The van der Waals surface area contributed by atoms with Gasteiger partial charge in [0.25, 0.3) is 0 Å². The van der Waals surface area contributed by atoms with Crippen molar-refractivity contribution in [2.45, 2.75) is 38.4 Å². The Kier molecular flexibility index (Phi) is 8.93. The minimum Gasteiger partial charge on any atom is -0.497 e. The number of hydrogen-bond acceptors (Lipinski definition) is 6. The lowest BCUT2D eigenvalue weighted by molar-refractivity contribution is -0.130. The zero-order valence-corrected chi connectivity index (χ0v) is 18.5. The summed E-state index contributed by atoms with van der Waals surface area (Å²) in [6, 6.07) is 7.73. The fraction of sp³-hybridized carbons (Fsp3) is 0.696. The monoisotopic (exact) mass is 419 g/mol. The Morgan fingerprint density at radius 2 is 1.97 bits per heavy atom. The molecule has 2 atom stereocenters. The van der Waals surface area contributed by atoms with E-state index in [-0.39, 0.29) is 18.1 Å². The highest BCUT2D eigenvalue weighted by Gasteiger charge is 2.26. The first kappa shape index (κ1) is 23.0. The third kappa shape index (κ3) is 6.94. The van der Waals surface area contributed by atoms with Crippen molar-refractivity contribution in [3.05, 3.63) is 29.8 Å². The third-order valence-electron chi connectivity index (χ3n) is 6.08.